The largest absolute Gasteiger partial charge is 0.459 e. The van der Waals surface area contributed by atoms with Crippen LogP contribution in [0.3, 0.4) is 0 Å². The third-order valence-electron chi connectivity index (χ3n) is 2.94. The Bertz CT molecular complexity index is 623. The smallest absolute Gasteiger partial charge is 0.186 e. The molecule has 4 nitrogen and oxygen atoms in total. The SMILES string of the molecule is O=S(O)c1cc(Cl)c2oc3c(c2c1)CNCC3. The second-order valence-electron chi connectivity index (χ2n) is 3.96. The fourth-order valence-electron chi connectivity index (χ4n) is 2.14. The molecule has 1 aromatic heterocycles. The summed E-state index contributed by atoms with van der Waals surface area (Å²) in [6.45, 7) is 1.59. The molecule has 3 rings (SSSR count). The normalized spacial score (nSPS) is 17.1. The van der Waals surface area contributed by atoms with Gasteiger partial charge in [0.15, 0.2) is 16.7 Å². The molecule has 0 fully saturated rings. The summed E-state index contributed by atoms with van der Waals surface area (Å²) in [6.07, 6.45) is 0.817. The molecule has 0 bridgehead atoms. The molecule has 2 N–H and O–H groups in total. The molecule has 0 spiro atoms. The van der Waals surface area contributed by atoms with Crippen LogP contribution in [-0.2, 0) is 24.0 Å². The van der Waals surface area contributed by atoms with E-state index in [1.54, 1.807) is 6.07 Å². The van der Waals surface area contributed by atoms with Crippen LogP contribution in [0, 0.1) is 0 Å². The molecule has 1 unspecified atom stereocenters. The van der Waals surface area contributed by atoms with Crippen molar-refractivity contribution in [3.05, 3.63) is 28.5 Å². The Balaban J connectivity index is 2.32. The van der Waals surface area contributed by atoms with Gasteiger partial charge in [-0.25, -0.2) is 4.21 Å². The van der Waals surface area contributed by atoms with Crippen LogP contribution in [0.2, 0.25) is 5.02 Å². The van der Waals surface area contributed by atoms with Crippen molar-refractivity contribution in [3.8, 4) is 0 Å². The van der Waals surface area contributed by atoms with E-state index in [0.29, 0.717) is 22.0 Å². The summed E-state index contributed by atoms with van der Waals surface area (Å²) in [5.41, 5.74) is 1.65. The molecule has 1 aromatic carbocycles. The molecule has 1 atom stereocenters. The van der Waals surface area contributed by atoms with Crippen molar-refractivity contribution in [2.45, 2.75) is 17.9 Å². The maximum Gasteiger partial charge on any atom is 0.186 e. The van der Waals surface area contributed by atoms with Gasteiger partial charge in [0, 0.05) is 30.5 Å². The summed E-state index contributed by atoms with van der Waals surface area (Å²) in [6, 6.07) is 3.15. The Hall–Kier alpha value is -0.880. The summed E-state index contributed by atoms with van der Waals surface area (Å²) in [5, 5.41) is 4.46. The molecular weight excluding hydrogens is 262 g/mol. The van der Waals surface area contributed by atoms with Gasteiger partial charge in [-0.05, 0) is 12.1 Å². The summed E-state index contributed by atoms with van der Waals surface area (Å²) < 4.78 is 25.9. The predicted molar refractivity (Wildman–Crippen MR) is 65.7 cm³/mol. The second kappa shape index (κ2) is 4.10. The molecule has 0 radical (unpaired) electrons. The highest BCUT2D eigenvalue weighted by Gasteiger charge is 2.20. The van der Waals surface area contributed by atoms with E-state index in [4.69, 9.17) is 20.6 Å². The molecule has 1 aliphatic heterocycles. The molecule has 2 aromatic rings. The highest BCUT2D eigenvalue weighted by molar-refractivity contribution is 7.79. The van der Waals surface area contributed by atoms with Gasteiger partial charge in [0.25, 0.3) is 0 Å². The van der Waals surface area contributed by atoms with E-state index in [1.807, 2.05) is 0 Å². The van der Waals surface area contributed by atoms with Crippen molar-refractivity contribution in [3.63, 3.8) is 0 Å². The first-order valence-corrected chi connectivity index (χ1v) is 6.70. The number of hydrogen-bond donors (Lipinski definition) is 2. The molecule has 0 aliphatic carbocycles. The van der Waals surface area contributed by atoms with Gasteiger partial charge in [0.05, 0.1) is 9.92 Å². The van der Waals surface area contributed by atoms with Crippen LogP contribution in [0.25, 0.3) is 11.0 Å². The van der Waals surface area contributed by atoms with Gasteiger partial charge >= 0.3 is 0 Å². The quantitative estimate of drug-likeness (QED) is 0.782. The molecule has 6 heteroatoms. The molecular formula is C11H10ClNO3S. The average Bonchev–Trinajstić information content (AvgIpc) is 2.68. The van der Waals surface area contributed by atoms with Crippen LogP contribution in [0.4, 0.5) is 0 Å². The number of rotatable bonds is 1. The Labute approximate surface area is 105 Å². The van der Waals surface area contributed by atoms with Gasteiger partial charge in [0.1, 0.15) is 5.76 Å². The van der Waals surface area contributed by atoms with Gasteiger partial charge in [-0.3, -0.25) is 0 Å². The zero-order chi connectivity index (χ0) is 12.0. The lowest BCUT2D eigenvalue weighted by Crippen LogP contribution is -2.22. The van der Waals surface area contributed by atoms with Gasteiger partial charge in [0.2, 0.25) is 0 Å². The summed E-state index contributed by atoms with van der Waals surface area (Å²) in [7, 11) is 0. The fraction of sp³-hybridized carbons (Fsp3) is 0.273. The van der Waals surface area contributed by atoms with Gasteiger partial charge in [-0.1, -0.05) is 11.6 Å². The maximum atomic E-state index is 11.1. The van der Waals surface area contributed by atoms with E-state index in [9.17, 15) is 4.21 Å². The first-order chi connectivity index (χ1) is 8.16. The molecule has 0 saturated heterocycles. The van der Waals surface area contributed by atoms with Crippen LogP contribution >= 0.6 is 11.6 Å². The summed E-state index contributed by atoms with van der Waals surface area (Å²) in [4.78, 5) is 0.302. The summed E-state index contributed by atoms with van der Waals surface area (Å²) >= 11 is 4.04. The highest BCUT2D eigenvalue weighted by Crippen LogP contribution is 2.34. The average molecular weight is 272 g/mol. The van der Waals surface area contributed by atoms with Crippen molar-refractivity contribution in [1.82, 2.24) is 5.32 Å². The molecule has 0 saturated carbocycles. The number of hydrogen-bond acceptors (Lipinski definition) is 3. The number of nitrogens with one attached hydrogen (secondary N) is 1. The van der Waals surface area contributed by atoms with E-state index in [1.165, 1.54) is 6.07 Å². The minimum absolute atomic E-state index is 0.302. The second-order valence-corrected chi connectivity index (χ2v) is 5.34. The molecule has 0 amide bonds. The maximum absolute atomic E-state index is 11.1. The zero-order valence-electron chi connectivity index (χ0n) is 8.83. The standard InChI is InChI=1S/C11H10ClNO3S/c12-9-4-6(17(14)15)3-7-8-5-13-2-1-10(8)16-11(7)9/h3-4,13H,1-2,5H2,(H,14,15). The lowest BCUT2D eigenvalue weighted by molar-refractivity contribution is 0.500. The highest BCUT2D eigenvalue weighted by atomic mass is 35.5. The first-order valence-electron chi connectivity index (χ1n) is 5.22. The van der Waals surface area contributed by atoms with Crippen LogP contribution in [0.5, 0.6) is 0 Å². The summed E-state index contributed by atoms with van der Waals surface area (Å²) in [5.74, 6) is 0.918. The van der Waals surface area contributed by atoms with Crippen molar-refractivity contribution in [1.29, 1.82) is 0 Å². The Kier molecular flexibility index (Phi) is 2.71. The third-order valence-corrected chi connectivity index (χ3v) is 3.86. The lowest BCUT2D eigenvalue weighted by Gasteiger charge is -2.10. The van der Waals surface area contributed by atoms with Crippen LogP contribution in [0.15, 0.2) is 21.4 Å². The first kappa shape index (κ1) is 11.2. The van der Waals surface area contributed by atoms with Crippen molar-refractivity contribution in [2.75, 3.05) is 6.54 Å². The minimum atomic E-state index is -2.03. The van der Waals surface area contributed by atoms with Crippen molar-refractivity contribution >= 4 is 33.7 Å². The molecule has 2 heterocycles. The zero-order valence-corrected chi connectivity index (χ0v) is 10.4. The molecule has 90 valence electrons. The van der Waals surface area contributed by atoms with E-state index in [2.05, 4.69) is 5.32 Å². The Morgan fingerprint density at radius 1 is 1.47 bits per heavy atom. The third kappa shape index (κ3) is 1.79. The number of halogens is 1. The van der Waals surface area contributed by atoms with E-state index in [-0.39, 0.29) is 0 Å². The monoisotopic (exact) mass is 271 g/mol. The van der Waals surface area contributed by atoms with E-state index >= 15 is 0 Å². The van der Waals surface area contributed by atoms with Gasteiger partial charge in [-0.2, -0.15) is 0 Å². The van der Waals surface area contributed by atoms with Crippen LogP contribution in [0.1, 0.15) is 11.3 Å². The van der Waals surface area contributed by atoms with Crippen LogP contribution < -0.4 is 5.32 Å². The van der Waals surface area contributed by atoms with Gasteiger partial charge < -0.3 is 14.3 Å². The number of furan rings is 1. The van der Waals surface area contributed by atoms with E-state index < -0.39 is 11.1 Å². The topological polar surface area (TPSA) is 62.5 Å². The Morgan fingerprint density at radius 3 is 3.06 bits per heavy atom. The number of fused-ring (bicyclic) bond motifs is 3. The predicted octanol–water partition coefficient (Wildman–Crippen LogP) is 2.31. The van der Waals surface area contributed by atoms with Crippen LogP contribution in [-0.4, -0.2) is 15.3 Å². The van der Waals surface area contributed by atoms with Gasteiger partial charge in [-0.15, -0.1) is 0 Å². The Morgan fingerprint density at radius 2 is 2.29 bits per heavy atom. The van der Waals surface area contributed by atoms with Crippen molar-refractivity contribution in [2.24, 2.45) is 0 Å². The number of benzene rings is 1. The molecule has 17 heavy (non-hydrogen) atoms. The minimum Gasteiger partial charge on any atom is -0.459 e. The molecule has 1 aliphatic rings. The van der Waals surface area contributed by atoms with E-state index in [0.717, 1.165) is 29.7 Å². The lowest BCUT2D eigenvalue weighted by atomic mass is 10.1. The van der Waals surface area contributed by atoms with Crippen molar-refractivity contribution < 1.29 is 13.2 Å². The fourth-order valence-corrected chi connectivity index (χ4v) is 2.90.